The molecular weight excluding hydrogens is 295 g/mol. The van der Waals surface area contributed by atoms with Crippen molar-refractivity contribution in [3.05, 3.63) is 68.7 Å². The molecule has 2 aliphatic heterocycles. The monoisotopic (exact) mass is 304 g/mol. The van der Waals surface area contributed by atoms with E-state index in [0.29, 0.717) is 13.2 Å². The lowest BCUT2D eigenvalue weighted by Crippen LogP contribution is -2.30. The van der Waals surface area contributed by atoms with Crippen molar-refractivity contribution in [2.45, 2.75) is 11.2 Å². The van der Waals surface area contributed by atoms with Crippen molar-refractivity contribution < 1.29 is 9.47 Å². The van der Waals surface area contributed by atoms with Crippen LogP contribution in [0.3, 0.4) is 0 Å². The molecule has 2 heterocycles. The predicted octanol–water partition coefficient (Wildman–Crippen LogP) is 3.85. The van der Waals surface area contributed by atoms with Gasteiger partial charge in [-0.2, -0.15) is 0 Å². The van der Waals surface area contributed by atoms with Gasteiger partial charge in [0.1, 0.15) is 11.2 Å². The van der Waals surface area contributed by atoms with Crippen LogP contribution in [0.4, 0.5) is 0 Å². The van der Waals surface area contributed by atoms with Gasteiger partial charge in [-0.25, -0.2) is 0 Å². The maximum atomic E-state index is 6.46. The molecule has 2 nitrogen and oxygen atoms in total. The number of epoxide rings is 2. The van der Waals surface area contributed by atoms with E-state index >= 15 is 0 Å². The van der Waals surface area contributed by atoms with Crippen LogP contribution in [0.25, 0.3) is 0 Å². The van der Waals surface area contributed by atoms with Gasteiger partial charge in [0.05, 0.1) is 13.2 Å². The Hall–Kier alpha value is -1.06. The fourth-order valence-corrected chi connectivity index (χ4v) is 4.21. The number of benzene rings is 2. The fourth-order valence-electron chi connectivity index (χ4n) is 3.56. The van der Waals surface area contributed by atoms with E-state index in [9.17, 15) is 0 Å². The van der Waals surface area contributed by atoms with Crippen molar-refractivity contribution in [3.63, 3.8) is 0 Å². The maximum absolute atomic E-state index is 6.46. The first-order chi connectivity index (χ1) is 9.69. The van der Waals surface area contributed by atoms with E-state index in [-0.39, 0.29) is 0 Å². The minimum absolute atomic E-state index is 0.425. The summed E-state index contributed by atoms with van der Waals surface area (Å²) in [5.74, 6) is 0. The summed E-state index contributed by atoms with van der Waals surface area (Å²) in [5, 5.41) is 1.47. The summed E-state index contributed by atoms with van der Waals surface area (Å²) in [6.45, 7) is 1.29. The molecule has 0 N–H and O–H groups in total. The molecule has 3 aliphatic rings. The highest BCUT2D eigenvalue weighted by Crippen LogP contribution is 2.63. The maximum Gasteiger partial charge on any atom is 0.144 e. The summed E-state index contributed by atoms with van der Waals surface area (Å²) < 4.78 is 11.7. The molecule has 0 aromatic heterocycles. The van der Waals surface area contributed by atoms with Crippen molar-refractivity contribution in [3.8, 4) is 0 Å². The Balaban J connectivity index is 1.94. The topological polar surface area (TPSA) is 25.1 Å². The summed E-state index contributed by atoms with van der Waals surface area (Å²) in [4.78, 5) is 0. The Kier molecular flexibility index (Phi) is 1.97. The average Bonchev–Trinajstić information content (AvgIpc) is 3.32. The third-order valence-electron chi connectivity index (χ3n) is 4.57. The molecule has 100 valence electrons. The Labute approximate surface area is 126 Å². The normalized spacial score (nSPS) is 32.1. The first-order valence-electron chi connectivity index (χ1n) is 6.56. The predicted molar refractivity (Wildman–Crippen MR) is 76.4 cm³/mol. The highest BCUT2D eigenvalue weighted by atomic mass is 35.5. The van der Waals surface area contributed by atoms with Crippen LogP contribution in [-0.4, -0.2) is 13.2 Å². The van der Waals surface area contributed by atoms with E-state index in [1.165, 1.54) is 0 Å². The number of hydrogen-bond donors (Lipinski definition) is 0. The van der Waals surface area contributed by atoms with Crippen LogP contribution >= 0.6 is 23.2 Å². The lowest BCUT2D eigenvalue weighted by atomic mass is 9.72. The van der Waals surface area contributed by atoms with Crippen molar-refractivity contribution in [2.24, 2.45) is 0 Å². The van der Waals surface area contributed by atoms with Gasteiger partial charge in [0.15, 0.2) is 0 Å². The molecule has 0 amide bonds. The van der Waals surface area contributed by atoms with Gasteiger partial charge in [-0.15, -0.1) is 0 Å². The van der Waals surface area contributed by atoms with Gasteiger partial charge in [0.25, 0.3) is 0 Å². The minimum atomic E-state index is -0.425. The van der Waals surface area contributed by atoms with Crippen LogP contribution in [0, 0.1) is 0 Å². The summed E-state index contributed by atoms with van der Waals surface area (Å²) in [7, 11) is 0. The molecule has 4 heteroatoms. The molecule has 0 bridgehead atoms. The molecule has 0 unspecified atom stereocenters. The Morgan fingerprint density at radius 2 is 1.15 bits per heavy atom. The Morgan fingerprint density at radius 1 is 0.750 bits per heavy atom. The average molecular weight is 305 g/mol. The van der Waals surface area contributed by atoms with Gasteiger partial charge >= 0.3 is 0 Å². The molecule has 20 heavy (non-hydrogen) atoms. The van der Waals surface area contributed by atoms with Gasteiger partial charge in [0, 0.05) is 21.2 Å². The van der Waals surface area contributed by atoms with E-state index in [1.54, 1.807) is 0 Å². The molecule has 1 aliphatic carbocycles. The fraction of sp³-hybridized carbons (Fsp3) is 0.250. The second-order valence-electron chi connectivity index (χ2n) is 5.56. The second kappa shape index (κ2) is 3.40. The van der Waals surface area contributed by atoms with Gasteiger partial charge in [-0.1, -0.05) is 47.5 Å². The lowest BCUT2D eigenvalue weighted by molar-refractivity contribution is 0.303. The van der Waals surface area contributed by atoms with Crippen molar-refractivity contribution in [1.29, 1.82) is 0 Å². The summed E-state index contributed by atoms with van der Waals surface area (Å²) in [5.41, 5.74) is 3.45. The summed E-state index contributed by atoms with van der Waals surface area (Å²) in [6, 6.07) is 11.9. The summed E-state index contributed by atoms with van der Waals surface area (Å²) >= 11 is 12.9. The Morgan fingerprint density at radius 3 is 1.50 bits per heavy atom. The smallest absolute Gasteiger partial charge is 0.144 e. The van der Waals surface area contributed by atoms with E-state index < -0.39 is 11.2 Å². The number of rotatable bonds is 0. The molecule has 2 atom stereocenters. The molecule has 2 aromatic rings. The SMILES string of the molecule is Clc1cccc2c1[C@]1(CO1)c1cccc(Cl)c1[C@]21CO1. The molecule has 2 fully saturated rings. The molecule has 0 saturated carbocycles. The van der Waals surface area contributed by atoms with Crippen molar-refractivity contribution >= 4 is 23.2 Å². The number of halogens is 2. The highest BCUT2D eigenvalue weighted by Gasteiger charge is 2.64. The van der Waals surface area contributed by atoms with Crippen molar-refractivity contribution in [1.82, 2.24) is 0 Å². The largest absolute Gasteiger partial charge is 0.359 e. The third kappa shape index (κ3) is 1.16. The zero-order chi connectivity index (χ0) is 13.5. The van der Waals surface area contributed by atoms with Gasteiger partial charge in [-0.05, 0) is 23.3 Å². The van der Waals surface area contributed by atoms with E-state index in [0.717, 1.165) is 32.3 Å². The third-order valence-corrected chi connectivity index (χ3v) is 5.20. The minimum Gasteiger partial charge on any atom is -0.359 e. The van der Waals surface area contributed by atoms with E-state index in [4.69, 9.17) is 32.7 Å². The van der Waals surface area contributed by atoms with Gasteiger partial charge in [0.2, 0.25) is 0 Å². The molecule has 2 aromatic carbocycles. The standard InChI is InChI=1S/C16H10Cl2O2/c17-11-5-1-3-9-13(11)16(8-20-16)10-4-2-6-12(18)14(10)15(9)7-19-15/h1-6H,7-8H2/t15-,16-/m0/s1. The zero-order valence-electron chi connectivity index (χ0n) is 10.5. The first kappa shape index (κ1) is 11.6. The lowest BCUT2D eigenvalue weighted by Gasteiger charge is -2.32. The van der Waals surface area contributed by atoms with Crippen LogP contribution < -0.4 is 0 Å². The quantitative estimate of drug-likeness (QED) is 0.691. The van der Waals surface area contributed by atoms with Crippen LogP contribution in [0.5, 0.6) is 0 Å². The molecular formula is C16H10Cl2O2. The number of fused-ring (bicyclic) bond motifs is 6. The second-order valence-corrected chi connectivity index (χ2v) is 6.37. The van der Waals surface area contributed by atoms with Crippen LogP contribution in [0.2, 0.25) is 10.0 Å². The summed E-state index contributed by atoms with van der Waals surface area (Å²) in [6.07, 6.45) is 0. The van der Waals surface area contributed by atoms with Gasteiger partial charge < -0.3 is 9.47 Å². The van der Waals surface area contributed by atoms with Crippen LogP contribution in [0.15, 0.2) is 36.4 Å². The number of ether oxygens (including phenoxy) is 2. The molecule has 0 radical (unpaired) electrons. The molecule has 2 saturated heterocycles. The van der Waals surface area contributed by atoms with Gasteiger partial charge in [-0.3, -0.25) is 0 Å². The molecule has 2 spiro atoms. The van der Waals surface area contributed by atoms with E-state index in [2.05, 4.69) is 12.1 Å². The Bertz CT molecular complexity index is 696. The molecule has 5 rings (SSSR count). The first-order valence-corrected chi connectivity index (χ1v) is 7.31. The van der Waals surface area contributed by atoms with Crippen LogP contribution in [0.1, 0.15) is 22.3 Å². The van der Waals surface area contributed by atoms with Crippen molar-refractivity contribution in [2.75, 3.05) is 13.2 Å². The highest BCUT2D eigenvalue weighted by molar-refractivity contribution is 6.32. The van der Waals surface area contributed by atoms with Crippen LogP contribution in [-0.2, 0) is 20.7 Å². The zero-order valence-corrected chi connectivity index (χ0v) is 12.0. The van der Waals surface area contributed by atoms with E-state index in [1.807, 2.05) is 24.3 Å². The number of hydrogen-bond acceptors (Lipinski definition) is 2.